The molecule has 5 nitrogen and oxygen atoms in total. The first-order valence-electron chi connectivity index (χ1n) is 9.07. The normalized spacial score (nSPS) is 17.1. The number of nitrogens with one attached hydrogen (secondary N) is 1. The van der Waals surface area contributed by atoms with Crippen LogP contribution in [0.1, 0.15) is 18.4 Å². The molecular weight excluding hydrogens is 365 g/mol. The molecule has 4 rings (SSSR count). The smallest absolute Gasteiger partial charge is 0.242 e. The van der Waals surface area contributed by atoms with Crippen LogP contribution in [0, 0.1) is 5.82 Å². The average Bonchev–Trinajstić information content (AvgIpc) is 3.11. The maximum atomic E-state index is 13.1. The summed E-state index contributed by atoms with van der Waals surface area (Å²) < 4.78 is 15.0. The molecule has 0 spiro atoms. The van der Waals surface area contributed by atoms with Crippen molar-refractivity contribution in [3.8, 4) is 0 Å². The Bertz CT molecular complexity index is 878. The van der Waals surface area contributed by atoms with E-state index in [1.807, 2.05) is 41.1 Å². The molecule has 27 heavy (non-hydrogen) atoms. The molecule has 1 fully saturated rings. The molecule has 0 aliphatic carbocycles. The van der Waals surface area contributed by atoms with Crippen molar-refractivity contribution in [3.63, 3.8) is 0 Å². The molecule has 1 aliphatic heterocycles. The van der Waals surface area contributed by atoms with E-state index < -0.39 is 0 Å². The zero-order valence-electron chi connectivity index (χ0n) is 14.9. The van der Waals surface area contributed by atoms with Gasteiger partial charge in [-0.1, -0.05) is 23.7 Å². The van der Waals surface area contributed by atoms with Crippen LogP contribution in [0.2, 0.25) is 5.02 Å². The fraction of sp³-hybridized carbons (Fsp3) is 0.300. The SMILES string of the molecule is Fc1ccc(N2CCC[C@H](Nc3ncn(Cc4ccc(Cl)cc4)n3)C2)cc1. The molecule has 1 aliphatic rings. The van der Waals surface area contributed by atoms with Crippen LogP contribution in [-0.2, 0) is 6.54 Å². The summed E-state index contributed by atoms with van der Waals surface area (Å²) in [6, 6.07) is 14.7. The van der Waals surface area contributed by atoms with Crippen LogP contribution in [0.4, 0.5) is 16.0 Å². The maximum Gasteiger partial charge on any atom is 0.242 e. The molecule has 140 valence electrons. The van der Waals surface area contributed by atoms with E-state index in [1.54, 1.807) is 6.33 Å². The number of benzene rings is 2. The largest absolute Gasteiger partial charge is 0.369 e. The van der Waals surface area contributed by atoms with Crippen LogP contribution in [-0.4, -0.2) is 33.9 Å². The van der Waals surface area contributed by atoms with Crippen molar-refractivity contribution in [2.45, 2.75) is 25.4 Å². The molecule has 7 heteroatoms. The van der Waals surface area contributed by atoms with Crippen molar-refractivity contribution in [1.82, 2.24) is 14.8 Å². The maximum absolute atomic E-state index is 13.1. The van der Waals surface area contributed by atoms with Crippen LogP contribution in [0.5, 0.6) is 0 Å². The first-order valence-corrected chi connectivity index (χ1v) is 9.44. The van der Waals surface area contributed by atoms with Crippen molar-refractivity contribution in [2.24, 2.45) is 0 Å². The highest BCUT2D eigenvalue weighted by Crippen LogP contribution is 2.21. The summed E-state index contributed by atoms with van der Waals surface area (Å²) in [5.74, 6) is 0.427. The quantitative estimate of drug-likeness (QED) is 0.715. The molecule has 2 heterocycles. The first kappa shape index (κ1) is 17.8. The minimum Gasteiger partial charge on any atom is -0.369 e. The highest BCUT2D eigenvalue weighted by atomic mass is 35.5. The molecule has 1 N–H and O–H groups in total. The van der Waals surface area contributed by atoms with Gasteiger partial charge in [0.15, 0.2) is 0 Å². The highest BCUT2D eigenvalue weighted by molar-refractivity contribution is 6.30. The number of anilines is 2. The van der Waals surface area contributed by atoms with Gasteiger partial charge in [-0.3, -0.25) is 0 Å². The lowest BCUT2D eigenvalue weighted by Crippen LogP contribution is -2.42. The van der Waals surface area contributed by atoms with Gasteiger partial charge in [-0.25, -0.2) is 14.1 Å². The Kier molecular flexibility index (Phi) is 5.25. The van der Waals surface area contributed by atoms with Gasteiger partial charge >= 0.3 is 0 Å². The van der Waals surface area contributed by atoms with Gasteiger partial charge in [-0.15, -0.1) is 5.10 Å². The van der Waals surface area contributed by atoms with Crippen LogP contribution in [0.25, 0.3) is 0 Å². The second-order valence-corrected chi connectivity index (χ2v) is 7.23. The molecule has 0 saturated carbocycles. The zero-order chi connectivity index (χ0) is 18.6. The van der Waals surface area contributed by atoms with Gasteiger partial charge < -0.3 is 10.2 Å². The predicted octanol–water partition coefficient (Wildman–Crippen LogP) is 4.20. The summed E-state index contributed by atoms with van der Waals surface area (Å²) >= 11 is 5.92. The van der Waals surface area contributed by atoms with Crippen LogP contribution in [0.3, 0.4) is 0 Å². The summed E-state index contributed by atoms with van der Waals surface area (Å²) in [7, 11) is 0. The van der Waals surface area contributed by atoms with Gasteiger partial charge in [0.05, 0.1) is 6.54 Å². The number of hydrogen-bond acceptors (Lipinski definition) is 4. The number of piperidine rings is 1. The fourth-order valence-electron chi connectivity index (χ4n) is 3.38. The number of nitrogens with zero attached hydrogens (tertiary/aromatic N) is 4. The summed E-state index contributed by atoms with van der Waals surface area (Å²) in [5.41, 5.74) is 2.17. The lowest BCUT2D eigenvalue weighted by atomic mass is 10.1. The number of halogens is 2. The number of hydrogen-bond donors (Lipinski definition) is 1. The van der Waals surface area contributed by atoms with E-state index in [0.717, 1.165) is 42.2 Å². The third kappa shape index (κ3) is 4.57. The van der Waals surface area contributed by atoms with Gasteiger partial charge in [0.2, 0.25) is 5.95 Å². The number of rotatable bonds is 5. The average molecular weight is 386 g/mol. The van der Waals surface area contributed by atoms with E-state index in [4.69, 9.17) is 11.6 Å². The van der Waals surface area contributed by atoms with E-state index in [-0.39, 0.29) is 11.9 Å². The third-order valence-corrected chi connectivity index (χ3v) is 4.99. The Labute approximate surface area is 162 Å². The van der Waals surface area contributed by atoms with Gasteiger partial charge in [0.25, 0.3) is 0 Å². The molecule has 3 aromatic rings. The topological polar surface area (TPSA) is 46.0 Å². The van der Waals surface area contributed by atoms with E-state index in [2.05, 4.69) is 20.3 Å². The Morgan fingerprint density at radius 3 is 2.67 bits per heavy atom. The summed E-state index contributed by atoms with van der Waals surface area (Å²) in [6.45, 7) is 2.47. The van der Waals surface area contributed by atoms with E-state index in [0.29, 0.717) is 12.5 Å². The standard InChI is InChI=1S/C20H21ClFN5/c21-16-5-3-15(4-6-16)12-27-14-23-20(25-27)24-18-2-1-11-26(13-18)19-9-7-17(22)8-10-19/h3-10,14,18H,1-2,11-13H2,(H,24,25)/t18-/m0/s1. The van der Waals surface area contributed by atoms with Gasteiger partial charge in [-0.05, 0) is 54.8 Å². The fourth-order valence-corrected chi connectivity index (χ4v) is 3.50. The van der Waals surface area contributed by atoms with Crippen molar-refractivity contribution >= 4 is 23.2 Å². The monoisotopic (exact) mass is 385 g/mol. The molecule has 0 radical (unpaired) electrons. The second kappa shape index (κ2) is 7.96. The molecule has 2 aromatic carbocycles. The molecule has 0 amide bonds. The third-order valence-electron chi connectivity index (χ3n) is 4.74. The lowest BCUT2D eigenvalue weighted by molar-refractivity contribution is 0.526. The minimum atomic E-state index is -0.208. The summed E-state index contributed by atoms with van der Waals surface area (Å²) in [6.07, 6.45) is 3.86. The van der Waals surface area contributed by atoms with Gasteiger partial charge in [0, 0.05) is 29.8 Å². The molecule has 0 bridgehead atoms. The molecule has 1 saturated heterocycles. The van der Waals surface area contributed by atoms with Gasteiger partial charge in [-0.2, -0.15) is 0 Å². The molecular formula is C20H21ClFN5. The highest BCUT2D eigenvalue weighted by Gasteiger charge is 2.21. The first-order chi connectivity index (χ1) is 13.2. The van der Waals surface area contributed by atoms with Gasteiger partial charge in [0.1, 0.15) is 12.1 Å². The number of aromatic nitrogens is 3. The van der Waals surface area contributed by atoms with E-state index >= 15 is 0 Å². The van der Waals surface area contributed by atoms with Crippen molar-refractivity contribution in [2.75, 3.05) is 23.3 Å². The minimum absolute atomic E-state index is 0.208. The van der Waals surface area contributed by atoms with Crippen molar-refractivity contribution < 1.29 is 4.39 Å². The Balaban J connectivity index is 1.36. The summed E-state index contributed by atoms with van der Waals surface area (Å²) in [4.78, 5) is 6.65. The molecule has 1 atom stereocenters. The molecule has 1 aromatic heterocycles. The van der Waals surface area contributed by atoms with Crippen molar-refractivity contribution in [3.05, 3.63) is 71.3 Å². The molecule has 0 unspecified atom stereocenters. The van der Waals surface area contributed by atoms with Crippen LogP contribution in [0.15, 0.2) is 54.9 Å². The van der Waals surface area contributed by atoms with E-state index in [9.17, 15) is 4.39 Å². The summed E-state index contributed by atoms with van der Waals surface area (Å²) in [5, 5.41) is 8.68. The second-order valence-electron chi connectivity index (χ2n) is 6.80. The Hall–Kier alpha value is -2.60. The van der Waals surface area contributed by atoms with Crippen LogP contribution < -0.4 is 10.2 Å². The predicted molar refractivity (Wildman–Crippen MR) is 106 cm³/mol. The van der Waals surface area contributed by atoms with E-state index in [1.165, 1.54) is 12.1 Å². The van der Waals surface area contributed by atoms with Crippen molar-refractivity contribution in [1.29, 1.82) is 0 Å². The van der Waals surface area contributed by atoms with Crippen LogP contribution >= 0.6 is 11.6 Å². The zero-order valence-corrected chi connectivity index (χ0v) is 15.6. The lowest BCUT2D eigenvalue weighted by Gasteiger charge is -2.34. The Morgan fingerprint density at radius 2 is 1.89 bits per heavy atom. The Morgan fingerprint density at radius 1 is 1.11 bits per heavy atom.